The highest BCUT2D eigenvalue weighted by molar-refractivity contribution is 6.21. The summed E-state index contributed by atoms with van der Waals surface area (Å²) in [6.45, 7) is 9.63. The van der Waals surface area contributed by atoms with Crippen molar-refractivity contribution < 1.29 is 0 Å². The van der Waals surface area contributed by atoms with Crippen molar-refractivity contribution >= 4 is 21.5 Å². The van der Waals surface area contributed by atoms with Gasteiger partial charge in [-0.1, -0.05) is 220 Å². The third-order valence-corrected chi connectivity index (χ3v) is 16.8. The highest BCUT2D eigenvalue weighted by Crippen LogP contribution is 2.57. The molecule has 11 aromatic rings. The van der Waals surface area contributed by atoms with Gasteiger partial charge in [-0.15, -0.1) is 0 Å². The minimum Gasteiger partial charge on any atom is -0.0622 e. The van der Waals surface area contributed by atoms with Crippen molar-refractivity contribution in [2.45, 2.75) is 43.9 Å². The van der Waals surface area contributed by atoms with Gasteiger partial charge in [0.05, 0.1) is 0 Å². The van der Waals surface area contributed by atoms with Crippen molar-refractivity contribution in [1.82, 2.24) is 0 Å². The van der Waals surface area contributed by atoms with Crippen LogP contribution in [0.4, 0.5) is 0 Å². The first kappa shape index (κ1) is 40.0. The van der Waals surface area contributed by atoms with Gasteiger partial charge in [-0.25, -0.2) is 0 Å². The highest BCUT2D eigenvalue weighted by atomic mass is 14.5. The van der Waals surface area contributed by atoms with Crippen LogP contribution in [0.15, 0.2) is 231 Å². The predicted octanol–water partition coefficient (Wildman–Crippen LogP) is 18.0. The van der Waals surface area contributed by atoms with E-state index in [1.165, 1.54) is 133 Å². The largest absolute Gasteiger partial charge is 0.0622 e. The zero-order chi connectivity index (χ0) is 46.2. The Hall–Kier alpha value is -8.06. The van der Waals surface area contributed by atoms with E-state index in [1.807, 2.05) is 0 Å². The van der Waals surface area contributed by atoms with Gasteiger partial charge in [-0.3, -0.25) is 0 Å². The van der Waals surface area contributed by atoms with Gasteiger partial charge in [0.15, 0.2) is 0 Å². The standard InChI is InChI=1S/C69H50/c1-67(2)59-29-17-15-23-49(59)51-37-33-45(41-61(51)67)65-55-25-11-13-27-57(55)66(58-28-14-12-26-56(58)65)46-34-38-54-53-36-32-44(40-63(53)69(4,64(54)42-46)48-21-9-6-10-22-48)43-31-35-52-50-24-16-18-30-60(50)68(3,62(52)39-43)47-19-7-5-8-20-47/h5-42H,1-4H3. The summed E-state index contributed by atoms with van der Waals surface area (Å²) in [5.41, 5.74) is 25.6. The molecule has 2 unspecified atom stereocenters. The Bertz CT molecular complexity index is 3890. The van der Waals surface area contributed by atoms with Gasteiger partial charge < -0.3 is 0 Å². The summed E-state index contributed by atoms with van der Waals surface area (Å²) in [5, 5.41) is 5.10. The summed E-state index contributed by atoms with van der Waals surface area (Å²) in [4.78, 5) is 0. The molecule has 0 heteroatoms. The zero-order valence-electron chi connectivity index (χ0n) is 39.4. The van der Waals surface area contributed by atoms with Gasteiger partial charge in [0, 0.05) is 16.2 Å². The van der Waals surface area contributed by atoms with Gasteiger partial charge in [0.2, 0.25) is 0 Å². The molecule has 0 radical (unpaired) electrons. The van der Waals surface area contributed by atoms with Gasteiger partial charge >= 0.3 is 0 Å². The Morgan fingerprint density at radius 3 is 1.00 bits per heavy atom. The highest BCUT2D eigenvalue weighted by Gasteiger charge is 2.43. The second kappa shape index (κ2) is 14.5. The lowest BCUT2D eigenvalue weighted by atomic mass is 9.72. The fourth-order valence-electron chi connectivity index (χ4n) is 13.3. The molecule has 69 heavy (non-hydrogen) atoms. The average molecular weight is 879 g/mol. The van der Waals surface area contributed by atoms with E-state index in [4.69, 9.17) is 0 Å². The Kier molecular flexibility index (Phi) is 8.40. The van der Waals surface area contributed by atoms with Crippen LogP contribution in [0.3, 0.4) is 0 Å². The van der Waals surface area contributed by atoms with Crippen LogP contribution in [-0.2, 0) is 16.2 Å². The van der Waals surface area contributed by atoms with Crippen LogP contribution in [0, 0.1) is 0 Å². The lowest BCUT2D eigenvalue weighted by Gasteiger charge is -2.30. The van der Waals surface area contributed by atoms with Crippen LogP contribution in [-0.4, -0.2) is 0 Å². The summed E-state index contributed by atoms with van der Waals surface area (Å²) in [6, 6.07) is 87.4. The van der Waals surface area contributed by atoms with Crippen LogP contribution < -0.4 is 0 Å². The monoisotopic (exact) mass is 878 g/mol. The van der Waals surface area contributed by atoms with E-state index >= 15 is 0 Å². The molecule has 14 rings (SSSR count). The summed E-state index contributed by atoms with van der Waals surface area (Å²) in [7, 11) is 0. The van der Waals surface area contributed by atoms with Crippen LogP contribution in [0.2, 0.25) is 0 Å². The summed E-state index contributed by atoms with van der Waals surface area (Å²) < 4.78 is 0. The Labute approximate surface area is 405 Å². The molecule has 3 aliphatic rings. The molecule has 0 heterocycles. The molecular formula is C69H50. The molecule has 0 fully saturated rings. The second-order valence-corrected chi connectivity index (χ2v) is 20.6. The molecule has 2 atom stereocenters. The normalized spacial score (nSPS) is 17.8. The average Bonchev–Trinajstić information content (AvgIpc) is 3.92. The van der Waals surface area contributed by atoms with Crippen molar-refractivity contribution in [1.29, 1.82) is 0 Å². The minimum absolute atomic E-state index is 0.0842. The van der Waals surface area contributed by atoms with Crippen molar-refractivity contribution in [3.8, 4) is 66.8 Å². The van der Waals surface area contributed by atoms with E-state index < -0.39 is 5.41 Å². The third kappa shape index (κ3) is 5.46. The van der Waals surface area contributed by atoms with E-state index in [0.29, 0.717) is 0 Å². The van der Waals surface area contributed by atoms with E-state index in [1.54, 1.807) is 0 Å². The summed E-state index contributed by atoms with van der Waals surface area (Å²) in [6.07, 6.45) is 0. The Morgan fingerprint density at radius 2 is 0.536 bits per heavy atom. The third-order valence-electron chi connectivity index (χ3n) is 16.8. The fraction of sp³-hybridized carbons (Fsp3) is 0.101. The van der Waals surface area contributed by atoms with Crippen LogP contribution in [0.1, 0.15) is 72.2 Å². The van der Waals surface area contributed by atoms with Gasteiger partial charge in [0.1, 0.15) is 0 Å². The van der Waals surface area contributed by atoms with E-state index in [9.17, 15) is 0 Å². The first-order valence-corrected chi connectivity index (χ1v) is 24.6. The molecule has 11 aromatic carbocycles. The van der Waals surface area contributed by atoms with Crippen molar-refractivity contribution in [3.63, 3.8) is 0 Å². The molecule has 0 N–H and O–H groups in total. The first-order chi connectivity index (χ1) is 33.7. The molecule has 0 saturated carbocycles. The maximum Gasteiger partial charge on any atom is 0.0435 e. The molecule has 0 bridgehead atoms. The van der Waals surface area contributed by atoms with Crippen LogP contribution >= 0.6 is 0 Å². The number of benzene rings is 11. The van der Waals surface area contributed by atoms with Gasteiger partial charge in [-0.2, -0.15) is 0 Å². The maximum atomic E-state index is 2.53. The molecule has 0 nitrogen and oxygen atoms in total. The smallest absolute Gasteiger partial charge is 0.0435 e. The Balaban J connectivity index is 0.932. The molecule has 326 valence electrons. The van der Waals surface area contributed by atoms with Gasteiger partial charge in [0.25, 0.3) is 0 Å². The predicted molar refractivity (Wildman–Crippen MR) is 290 cm³/mol. The SMILES string of the molecule is CC1(C)c2ccccc2-c2ccc(-c3c4ccccc4c(-c4ccc5c(c4)C(C)(c4ccccc4)c4cc(-c6ccc7c(c6)C(C)(c6ccccc6)c6ccccc6-7)ccc4-5)c4ccccc34)cc21. The Morgan fingerprint density at radius 1 is 0.232 bits per heavy atom. The lowest BCUT2D eigenvalue weighted by Crippen LogP contribution is -2.22. The fourth-order valence-corrected chi connectivity index (χ4v) is 13.3. The first-order valence-electron chi connectivity index (χ1n) is 24.6. The van der Waals surface area contributed by atoms with Crippen LogP contribution in [0.25, 0.3) is 88.3 Å². The maximum absolute atomic E-state index is 2.53. The molecule has 0 aromatic heterocycles. The minimum atomic E-state index is -0.399. The molecular weight excluding hydrogens is 829 g/mol. The summed E-state index contributed by atoms with van der Waals surface area (Å²) >= 11 is 0. The molecule has 0 spiro atoms. The lowest BCUT2D eigenvalue weighted by molar-refractivity contribution is 0.660. The zero-order valence-corrected chi connectivity index (χ0v) is 39.4. The molecule has 0 aliphatic heterocycles. The summed E-state index contributed by atoms with van der Waals surface area (Å²) in [5.74, 6) is 0. The molecule has 0 amide bonds. The van der Waals surface area contributed by atoms with Gasteiger partial charge in [-0.05, 0) is 171 Å². The molecule has 3 aliphatic carbocycles. The van der Waals surface area contributed by atoms with E-state index in [-0.39, 0.29) is 10.8 Å². The molecule has 0 saturated heterocycles. The number of hydrogen-bond acceptors (Lipinski definition) is 0. The van der Waals surface area contributed by atoms with Crippen LogP contribution in [0.5, 0.6) is 0 Å². The quantitative estimate of drug-likeness (QED) is 0.151. The topological polar surface area (TPSA) is 0 Å². The number of fused-ring (bicyclic) bond motifs is 11. The number of hydrogen-bond donors (Lipinski definition) is 0. The van der Waals surface area contributed by atoms with Crippen molar-refractivity contribution in [2.24, 2.45) is 0 Å². The van der Waals surface area contributed by atoms with Crippen molar-refractivity contribution in [3.05, 3.63) is 275 Å². The number of rotatable bonds is 5. The van der Waals surface area contributed by atoms with E-state index in [2.05, 4.69) is 258 Å². The van der Waals surface area contributed by atoms with Crippen molar-refractivity contribution in [2.75, 3.05) is 0 Å². The van der Waals surface area contributed by atoms with E-state index in [0.717, 1.165) is 0 Å². The second-order valence-electron chi connectivity index (χ2n) is 20.6.